The maximum atomic E-state index is 14.1. The van der Waals surface area contributed by atoms with E-state index < -0.39 is 12.1 Å². The van der Waals surface area contributed by atoms with Gasteiger partial charge >= 0.3 is 6.03 Å². The van der Waals surface area contributed by atoms with E-state index in [0.717, 1.165) is 74.4 Å². The number of carbonyl (C=O) groups excluding carboxylic acids is 5. The number of nitrogens with one attached hydrogen (secondary N) is 3. The minimum absolute atomic E-state index is 0.0446. The molecular formula is C64H86N12O10S. The summed E-state index contributed by atoms with van der Waals surface area (Å²) in [6.07, 6.45) is 12.1. The van der Waals surface area contributed by atoms with E-state index >= 15 is 0 Å². The molecule has 87 heavy (non-hydrogen) atoms. The molecule has 3 N–H and O–H groups in total. The average Bonchev–Trinajstić information content (AvgIpc) is 2.18. The highest BCUT2D eigenvalue weighted by molar-refractivity contribution is 7.14. The van der Waals surface area contributed by atoms with Crippen molar-refractivity contribution in [2.75, 3.05) is 137 Å². The second kappa shape index (κ2) is 35.7. The molecule has 23 heteroatoms. The molecule has 0 radical (unpaired) electrons. The highest BCUT2D eigenvalue weighted by atomic mass is 32.1. The maximum absolute atomic E-state index is 14.1. The molecule has 0 spiro atoms. The second-order valence-corrected chi connectivity index (χ2v) is 22.5. The molecule has 3 aromatic carbocycles. The molecule has 468 valence electrons. The molecule has 1 aliphatic heterocycles. The zero-order chi connectivity index (χ0) is 61.8. The van der Waals surface area contributed by atoms with Gasteiger partial charge in [-0.1, -0.05) is 60.9 Å². The SMILES string of the molecule is C=C/C=C(\C=C)CNC(=O)C(c1ccc(C(=O)N(C)C)cc1)N(C(=O)CCc1ccc(OCCCCN(C)CCOCCOCCc2cn(CCOCCOc3ccc(NC(=O)Nc4nc(CC(=O)N5CCN(C)CC5)cs4)cc3)nn2)cc1)C1CC1. The van der Waals surface area contributed by atoms with Crippen molar-refractivity contribution in [3.8, 4) is 11.5 Å². The number of rotatable bonds is 38. The number of hydrogen-bond acceptors (Lipinski definition) is 16. The fourth-order valence-corrected chi connectivity index (χ4v) is 10.1. The van der Waals surface area contributed by atoms with E-state index in [4.69, 9.17) is 23.7 Å². The largest absolute Gasteiger partial charge is 0.494 e. The van der Waals surface area contributed by atoms with Crippen molar-refractivity contribution in [3.63, 3.8) is 0 Å². The molecule has 6 amide bonds. The number of likely N-dealkylation sites (N-methyl/N-ethyl adjacent to an activating group) is 2. The number of piperazine rings is 1. The summed E-state index contributed by atoms with van der Waals surface area (Å²) in [5.41, 5.74) is 5.00. The van der Waals surface area contributed by atoms with E-state index in [9.17, 15) is 24.0 Å². The van der Waals surface area contributed by atoms with Crippen molar-refractivity contribution in [2.45, 2.75) is 70.0 Å². The topological polar surface area (TPSA) is 227 Å². The predicted molar refractivity (Wildman–Crippen MR) is 336 cm³/mol. The monoisotopic (exact) mass is 1210 g/mol. The van der Waals surface area contributed by atoms with Crippen LogP contribution in [0.1, 0.15) is 71.0 Å². The van der Waals surface area contributed by atoms with Gasteiger partial charge in [-0.3, -0.25) is 24.5 Å². The number of thiazole rings is 1. The first-order valence-corrected chi connectivity index (χ1v) is 30.7. The Labute approximate surface area is 515 Å². The third-order valence-electron chi connectivity index (χ3n) is 14.6. The summed E-state index contributed by atoms with van der Waals surface area (Å²) in [5.74, 6) is 0.918. The molecule has 0 bridgehead atoms. The quantitative estimate of drug-likeness (QED) is 0.0269. The summed E-state index contributed by atoms with van der Waals surface area (Å²) in [6.45, 7) is 17.1. The third-order valence-corrected chi connectivity index (χ3v) is 15.4. The van der Waals surface area contributed by atoms with E-state index in [1.165, 1.54) is 16.2 Å². The van der Waals surface area contributed by atoms with Crippen LogP contribution in [0.3, 0.4) is 0 Å². The Balaban J connectivity index is 0.675. The average molecular weight is 1220 g/mol. The number of amides is 6. The number of allylic oxidation sites excluding steroid dienone is 2. The van der Waals surface area contributed by atoms with Crippen molar-refractivity contribution in [1.82, 2.24) is 49.8 Å². The maximum Gasteiger partial charge on any atom is 0.325 e. The zero-order valence-electron chi connectivity index (χ0n) is 50.9. The van der Waals surface area contributed by atoms with Gasteiger partial charge in [-0.05, 0) is 118 Å². The number of benzene rings is 3. The van der Waals surface area contributed by atoms with Gasteiger partial charge in [-0.2, -0.15) is 0 Å². The lowest BCUT2D eigenvalue weighted by Gasteiger charge is -2.32. The second-order valence-electron chi connectivity index (χ2n) is 21.7. The summed E-state index contributed by atoms with van der Waals surface area (Å²) >= 11 is 1.28. The van der Waals surface area contributed by atoms with Crippen molar-refractivity contribution in [3.05, 3.63) is 149 Å². The number of ether oxygens (including phenoxy) is 5. The van der Waals surface area contributed by atoms with Gasteiger partial charge in [0.05, 0.1) is 70.6 Å². The first kappa shape index (κ1) is 66.7. The van der Waals surface area contributed by atoms with Crippen LogP contribution in [0.5, 0.6) is 11.5 Å². The Bertz CT molecular complexity index is 2990. The number of hydrogen-bond donors (Lipinski definition) is 3. The number of unbranched alkanes of at least 4 members (excludes halogenated alkanes) is 1. The molecule has 1 atom stereocenters. The molecule has 5 aromatic rings. The van der Waals surface area contributed by atoms with Gasteiger partial charge in [0.1, 0.15) is 24.1 Å². The van der Waals surface area contributed by atoms with Gasteiger partial charge < -0.3 is 58.8 Å². The molecule has 22 nitrogen and oxygen atoms in total. The van der Waals surface area contributed by atoms with Gasteiger partial charge in [0.2, 0.25) is 17.7 Å². The molecule has 7 rings (SSSR count). The summed E-state index contributed by atoms with van der Waals surface area (Å²) in [5, 5.41) is 19.2. The van der Waals surface area contributed by atoms with Crippen molar-refractivity contribution >= 4 is 51.8 Å². The van der Waals surface area contributed by atoms with Gasteiger partial charge in [-0.15, -0.1) is 16.4 Å². The highest BCUT2D eigenvalue weighted by Gasteiger charge is 2.41. The molecule has 2 aliphatic rings. The van der Waals surface area contributed by atoms with Crippen molar-refractivity contribution < 1.29 is 47.7 Å². The fraction of sp³-hybridized carbons (Fsp3) is 0.469. The molecule has 1 aliphatic carbocycles. The third kappa shape index (κ3) is 23.1. The molecule has 2 aromatic heterocycles. The Hall–Kier alpha value is -7.80. The minimum Gasteiger partial charge on any atom is -0.494 e. The zero-order valence-corrected chi connectivity index (χ0v) is 51.7. The summed E-state index contributed by atoms with van der Waals surface area (Å²) in [4.78, 5) is 79.9. The van der Waals surface area contributed by atoms with Crippen LogP contribution in [0.4, 0.5) is 15.6 Å². The number of aromatic nitrogens is 4. The summed E-state index contributed by atoms with van der Waals surface area (Å²) < 4.78 is 30.9. The van der Waals surface area contributed by atoms with Gasteiger partial charge in [0.15, 0.2) is 5.13 Å². The Morgan fingerprint density at radius 1 is 0.759 bits per heavy atom. The van der Waals surface area contributed by atoms with E-state index in [0.29, 0.717) is 119 Å². The van der Waals surface area contributed by atoms with E-state index in [-0.39, 0.29) is 49.1 Å². The van der Waals surface area contributed by atoms with E-state index in [2.05, 4.69) is 61.3 Å². The lowest BCUT2D eigenvalue weighted by molar-refractivity contribution is -0.141. The van der Waals surface area contributed by atoms with Crippen LogP contribution >= 0.6 is 11.3 Å². The van der Waals surface area contributed by atoms with E-state index in [1.807, 2.05) is 42.4 Å². The molecule has 3 heterocycles. The summed E-state index contributed by atoms with van der Waals surface area (Å²) in [7, 11) is 7.52. The van der Waals surface area contributed by atoms with Crippen molar-refractivity contribution in [1.29, 1.82) is 0 Å². The van der Waals surface area contributed by atoms with Crippen LogP contribution in [0.2, 0.25) is 0 Å². The number of urea groups is 1. The minimum atomic E-state index is -0.862. The molecule has 1 saturated heterocycles. The van der Waals surface area contributed by atoms with E-state index in [1.54, 1.807) is 95.8 Å². The van der Waals surface area contributed by atoms with Crippen molar-refractivity contribution in [2.24, 2.45) is 0 Å². The van der Waals surface area contributed by atoms with Crippen LogP contribution < -0.4 is 25.4 Å². The van der Waals surface area contributed by atoms with Gasteiger partial charge in [0.25, 0.3) is 5.91 Å². The molecule has 2 fully saturated rings. The number of nitrogens with zero attached hydrogens (tertiary/aromatic N) is 9. The molecule has 1 unspecified atom stereocenters. The number of anilines is 2. The van der Waals surface area contributed by atoms with Gasteiger partial charge in [0, 0.05) is 95.1 Å². The van der Waals surface area contributed by atoms with Gasteiger partial charge in [-0.25, -0.2) is 14.5 Å². The van der Waals surface area contributed by atoms with Crippen LogP contribution in [-0.4, -0.2) is 207 Å². The standard InChI is InChI=1S/C64H86N12O10S/c1-7-11-48(8-2)45-65-61(79)60(50-15-17-51(18-16-50)62(80)71(3)4)76(55-21-22-55)58(77)27-14-49-12-23-56(24-13-49)85-36-10-9-29-72(5)34-38-83-41-40-82-37-28-53-46-75(70-69-53)35-39-84-42-43-86-57-25-19-52(20-26-57)66-63(81)68-64-67-54(47-87-64)44-59(78)74-32-30-73(6)31-33-74/h7-8,11-13,15-20,23-26,46-47,55,60H,1-2,9-10,14,21-22,27-45H2,3-6H3,(H,65,79)(H2,66,67,68,81)/b48-11+. The first-order chi connectivity index (χ1) is 42.2. The lowest BCUT2D eigenvalue weighted by atomic mass is 10.00. The molecular weight excluding hydrogens is 1130 g/mol. The predicted octanol–water partition coefficient (Wildman–Crippen LogP) is 6.94. The van der Waals surface area contributed by atoms with Crippen LogP contribution in [0.25, 0.3) is 0 Å². The Morgan fingerprint density at radius 2 is 1.45 bits per heavy atom. The highest BCUT2D eigenvalue weighted by Crippen LogP contribution is 2.36. The summed E-state index contributed by atoms with van der Waals surface area (Å²) in [6, 6.07) is 20.5. The Kier molecular flexibility index (Phi) is 27.4. The normalized spacial score (nSPS) is 13.9. The number of carbonyl (C=O) groups is 5. The fourth-order valence-electron chi connectivity index (χ4n) is 9.39. The Morgan fingerprint density at radius 3 is 2.15 bits per heavy atom. The first-order valence-electron chi connectivity index (χ1n) is 29.8. The number of aryl methyl sites for hydroxylation is 1. The smallest absolute Gasteiger partial charge is 0.325 e. The lowest BCUT2D eigenvalue weighted by Crippen LogP contribution is -2.47. The van der Waals surface area contributed by atoms with Crippen LogP contribution in [0.15, 0.2) is 121 Å². The molecule has 1 saturated carbocycles. The van der Waals surface area contributed by atoms with Crippen LogP contribution in [0, 0.1) is 0 Å². The van der Waals surface area contributed by atoms with Crippen LogP contribution in [-0.2, 0) is 54.4 Å².